The third-order valence-corrected chi connectivity index (χ3v) is 3.44. The molecule has 1 aromatic carbocycles. The van der Waals surface area contributed by atoms with E-state index in [2.05, 4.69) is 39.1 Å². The van der Waals surface area contributed by atoms with E-state index in [4.69, 9.17) is 9.72 Å². The summed E-state index contributed by atoms with van der Waals surface area (Å²) in [6.45, 7) is 12.2. The highest BCUT2D eigenvalue weighted by Gasteiger charge is 2.16. The number of para-hydroxylation sites is 1. The SMILES string of the molecule is CCNc1c(C(C)C)c(C)nc2c(OCC)cccc12. The van der Waals surface area contributed by atoms with Gasteiger partial charge in [0.1, 0.15) is 11.3 Å². The lowest BCUT2D eigenvalue weighted by atomic mass is 9.96. The predicted molar refractivity (Wildman–Crippen MR) is 85.9 cm³/mol. The van der Waals surface area contributed by atoms with Crippen molar-refractivity contribution in [2.75, 3.05) is 18.5 Å². The number of pyridine rings is 1. The van der Waals surface area contributed by atoms with Gasteiger partial charge < -0.3 is 10.1 Å². The summed E-state index contributed by atoms with van der Waals surface area (Å²) in [5, 5.41) is 4.66. The van der Waals surface area contributed by atoms with Gasteiger partial charge in [-0.2, -0.15) is 0 Å². The second-order valence-electron chi connectivity index (χ2n) is 5.26. The molecule has 2 aromatic rings. The van der Waals surface area contributed by atoms with Crippen molar-refractivity contribution in [3.05, 3.63) is 29.5 Å². The average Bonchev–Trinajstić information content (AvgIpc) is 2.40. The Morgan fingerprint density at radius 3 is 2.60 bits per heavy atom. The maximum absolute atomic E-state index is 5.72. The van der Waals surface area contributed by atoms with E-state index in [1.165, 1.54) is 11.3 Å². The Kier molecular flexibility index (Phi) is 4.48. The lowest BCUT2D eigenvalue weighted by Crippen LogP contribution is -2.07. The van der Waals surface area contributed by atoms with Crippen molar-refractivity contribution in [1.29, 1.82) is 0 Å². The van der Waals surface area contributed by atoms with Crippen LogP contribution in [-0.4, -0.2) is 18.1 Å². The molecule has 3 heteroatoms. The lowest BCUT2D eigenvalue weighted by Gasteiger charge is -2.20. The van der Waals surface area contributed by atoms with Crippen LogP contribution in [0.1, 0.15) is 44.9 Å². The molecule has 1 N–H and O–H groups in total. The first-order valence-corrected chi connectivity index (χ1v) is 7.40. The Morgan fingerprint density at radius 1 is 1.25 bits per heavy atom. The molecule has 0 radical (unpaired) electrons. The number of benzene rings is 1. The van der Waals surface area contributed by atoms with E-state index in [9.17, 15) is 0 Å². The van der Waals surface area contributed by atoms with Gasteiger partial charge in [0.25, 0.3) is 0 Å². The fourth-order valence-corrected chi connectivity index (χ4v) is 2.74. The molecule has 0 bridgehead atoms. The standard InChI is InChI=1S/C17H24N2O/c1-6-18-17-13-9-8-10-14(20-7-2)16(13)19-12(5)15(17)11(3)4/h8-11H,6-7H2,1-5H3,(H,18,19). The molecular formula is C17H24N2O. The summed E-state index contributed by atoms with van der Waals surface area (Å²) in [5.41, 5.74) is 4.53. The van der Waals surface area contributed by atoms with Crippen molar-refractivity contribution in [3.63, 3.8) is 0 Å². The summed E-state index contributed by atoms with van der Waals surface area (Å²) in [5.74, 6) is 1.30. The molecule has 0 aliphatic heterocycles. The largest absolute Gasteiger partial charge is 0.492 e. The van der Waals surface area contributed by atoms with Crippen LogP contribution in [0.25, 0.3) is 10.9 Å². The van der Waals surface area contributed by atoms with Crippen LogP contribution in [0.15, 0.2) is 18.2 Å². The molecule has 0 saturated heterocycles. The number of ether oxygens (including phenoxy) is 1. The number of hydrogen-bond donors (Lipinski definition) is 1. The molecule has 0 aliphatic carbocycles. The quantitative estimate of drug-likeness (QED) is 0.870. The normalized spacial score (nSPS) is 11.1. The Morgan fingerprint density at radius 2 is 2.00 bits per heavy atom. The summed E-state index contributed by atoms with van der Waals surface area (Å²) in [7, 11) is 0. The van der Waals surface area contributed by atoms with Gasteiger partial charge in [0.2, 0.25) is 0 Å². The Bertz CT molecular complexity index is 605. The fourth-order valence-electron chi connectivity index (χ4n) is 2.74. The van der Waals surface area contributed by atoms with Gasteiger partial charge in [-0.3, -0.25) is 0 Å². The molecule has 0 saturated carbocycles. The number of fused-ring (bicyclic) bond motifs is 1. The molecule has 1 aromatic heterocycles. The summed E-state index contributed by atoms with van der Waals surface area (Å²) >= 11 is 0. The number of nitrogens with one attached hydrogen (secondary N) is 1. The first kappa shape index (κ1) is 14.6. The van der Waals surface area contributed by atoms with Crippen LogP contribution in [0, 0.1) is 6.92 Å². The third-order valence-electron chi connectivity index (χ3n) is 3.44. The average molecular weight is 272 g/mol. The van der Waals surface area contributed by atoms with Crippen LogP contribution in [0.5, 0.6) is 5.75 Å². The molecule has 0 atom stereocenters. The zero-order valence-electron chi connectivity index (χ0n) is 13.1. The van der Waals surface area contributed by atoms with Gasteiger partial charge >= 0.3 is 0 Å². The van der Waals surface area contributed by atoms with Gasteiger partial charge in [-0.1, -0.05) is 26.0 Å². The van der Waals surface area contributed by atoms with Crippen LogP contribution >= 0.6 is 0 Å². The topological polar surface area (TPSA) is 34.2 Å². The van der Waals surface area contributed by atoms with E-state index in [0.29, 0.717) is 12.5 Å². The lowest BCUT2D eigenvalue weighted by molar-refractivity contribution is 0.343. The van der Waals surface area contributed by atoms with Crippen molar-refractivity contribution >= 4 is 16.6 Å². The first-order chi connectivity index (χ1) is 9.60. The van der Waals surface area contributed by atoms with E-state index in [1.807, 2.05) is 19.1 Å². The summed E-state index contributed by atoms with van der Waals surface area (Å²) in [6.07, 6.45) is 0. The number of nitrogens with zero attached hydrogens (tertiary/aromatic N) is 1. The number of rotatable bonds is 5. The van der Waals surface area contributed by atoms with E-state index in [1.54, 1.807) is 0 Å². The van der Waals surface area contributed by atoms with Crippen LogP contribution in [0.4, 0.5) is 5.69 Å². The van der Waals surface area contributed by atoms with E-state index in [-0.39, 0.29) is 0 Å². The molecule has 1 heterocycles. The second kappa shape index (κ2) is 6.12. The molecule has 0 amide bonds. The third kappa shape index (κ3) is 2.58. The van der Waals surface area contributed by atoms with Crippen molar-refractivity contribution < 1.29 is 4.74 Å². The van der Waals surface area contributed by atoms with E-state index < -0.39 is 0 Å². The molecular weight excluding hydrogens is 248 g/mol. The smallest absolute Gasteiger partial charge is 0.145 e. The van der Waals surface area contributed by atoms with Gasteiger partial charge in [0.15, 0.2) is 0 Å². The molecule has 0 fully saturated rings. The van der Waals surface area contributed by atoms with Gasteiger partial charge in [0, 0.05) is 23.3 Å². The Labute approximate surface area is 121 Å². The maximum atomic E-state index is 5.72. The summed E-state index contributed by atoms with van der Waals surface area (Å²) in [4.78, 5) is 4.79. The maximum Gasteiger partial charge on any atom is 0.145 e. The summed E-state index contributed by atoms with van der Waals surface area (Å²) in [6, 6.07) is 6.15. The van der Waals surface area contributed by atoms with Crippen molar-refractivity contribution in [1.82, 2.24) is 4.98 Å². The Balaban J connectivity index is 2.78. The monoisotopic (exact) mass is 272 g/mol. The van der Waals surface area contributed by atoms with Crippen molar-refractivity contribution in [2.45, 2.75) is 40.5 Å². The van der Waals surface area contributed by atoms with Gasteiger partial charge in [0.05, 0.1) is 6.61 Å². The highest BCUT2D eigenvalue weighted by atomic mass is 16.5. The molecule has 2 rings (SSSR count). The highest BCUT2D eigenvalue weighted by Crippen LogP contribution is 2.36. The molecule has 3 nitrogen and oxygen atoms in total. The Hall–Kier alpha value is -1.77. The van der Waals surface area contributed by atoms with Crippen LogP contribution in [0.2, 0.25) is 0 Å². The summed E-state index contributed by atoms with van der Waals surface area (Å²) < 4.78 is 5.72. The van der Waals surface area contributed by atoms with Gasteiger partial charge in [-0.15, -0.1) is 0 Å². The minimum Gasteiger partial charge on any atom is -0.492 e. The van der Waals surface area contributed by atoms with Crippen LogP contribution in [0.3, 0.4) is 0 Å². The predicted octanol–water partition coefficient (Wildman–Crippen LogP) is 4.50. The first-order valence-electron chi connectivity index (χ1n) is 7.40. The van der Waals surface area contributed by atoms with Gasteiger partial charge in [-0.25, -0.2) is 4.98 Å². The number of hydrogen-bond acceptors (Lipinski definition) is 3. The number of anilines is 1. The zero-order chi connectivity index (χ0) is 14.7. The highest BCUT2D eigenvalue weighted by molar-refractivity contribution is 5.97. The minimum absolute atomic E-state index is 0.441. The van der Waals surface area contributed by atoms with Crippen molar-refractivity contribution in [3.8, 4) is 5.75 Å². The molecule has 0 spiro atoms. The van der Waals surface area contributed by atoms with E-state index >= 15 is 0 Å². The van der Waals surface area contributed by atoms with Crippen molar-refractivity contribution in [2.24, 2.45) is 0 Å². The van der Waals surface area contributed by atoms with Crippen LogP contribution in [-0.2, 0) is 0 Å². The van der Waals surface area contributed by atoms with Gasteiger partial charge in [-0.05, 0) is 38.3 Å². The minimum atomic E-state index is 0.441. The van der Waals surface area contributed by atoms with Crippen LogP contribution < -0.4 is 10.1 Å². The van der Waals surface area contributed by atoms with E-state index in [0.717, 1.165) is 28.9 Å². The zero-order valence-corrected chi connectivity index (χ0v) is 13.1. The molecule has 0 aliphatic rings. The number of aryl methyl sites for hydroxylation is 1. The molecule has 0 unspecified atom stereocenters. The molecule has 108 valence electrons. The second-order valence-corrected chi connectivity index (χ2v) is 5.26. The molecule has 20 heavy (non-hydrogen) atoms. The fraction of sp³-hybridized carbons (Fsp3) is 0.471. The number of aromatic nitrogens is 1.